The number of hydrogen-bond acceptors (Lipinski definition) is 6. The molecule has 24 heavy (non-hydrogen) atoms. The molecule has 2 rings (SSSR count). The van der Waals surface area contributed by atoms with E-state index >= 15 is 0 Å². The van der Waals surface area contributed by atoms with Crippen LogP contribution in [-0.2, 0) is 14.3 Å². The molecule has 1 aromatic carbocycles. The fourth-order valence-electron chi connectivity index (χ4n) is 1.65. The van der Waals surface area contributed by atoms with Crippen LogP contribution in [0.1, 0.15) is 15.9 Å². The number of amides is 2. The molecule has 8 heteroatoms. The van der Waals surface area contributed by atoms with Gasteiger partial charge in [0.2, 0.25) is 0 Å². The maximum atomic E-state index is 11.6. The molecule has 0 atom stereocenters. The van der Waals surface area contributed by atoms with Gasteiger partial charge in [-0.3, -0.25) is 9.59 Å². The summed E-state index contributed by atoms with van der Waals surface area (Å²) < 4.78 is 4.58. The summed E-state index contributed by atoms with van der Waals surface area (Å²) in [5.74, 6) is -1.99. The summed E-state index contributed by atoms with van der Waals surface area (Å²) >= 11 is 0. The number of anilines is 1. The number of nitrogens with zero attached hydrogens (tertiary/aromatic N) is 2. The van der Waals surface area contributed by atoms with Crippen LogP contribution in [0.3, 0.4) is 0 Å². The van der Waals surface area contributed by atoms with E-state index in [9.17, 15) is 14.4 Å². The second-order valence-electron chi connectivity index (χ2n) is 4.48. The third-order valence-corrected chi connectivity index (χ3v) is 2.82. The van der Waals surface area contributed by atoms with Gasteiger partial charge in [0.25, 0.3) is 0 Å². The van der Waals surface area contributed by atoms with Crippen LogP contribution in [0.4, 0.5) is 5.82 Å². The van der Waals surface area contributed by atoms with E-state index in [0.29, 0.717) is 11.1 Å². The van der Waals surface area contributed by atoms with Gasteiger partial charge in [0, 0.05) is 6.20 Å². The van der Waals surface area contributed by atoms with Crippen LogP contribution in [-0.4, -0.2) is 36.1 Å². The number of carbonyl (C=O) groups is 3. The van der Waals surface area contributed by atoms with Gasteiger partial charge in [-0.05, 0) is 29.8 Å². The van der Waals surface area contributed by atoms with Crippen molar-refractivity contribution in [2.75, 3.05) is 12.4 Å². The SMILES string of the molecule is COC(=O)c1ccc(/C=N\NC(=O)C(=O)Nc2ccccn2)cc1. The lowest BCUT2D eigenvalue weighted by atomic mass is 10.1. The second-order valence-corrected chi connectivity index (χ2v) is 4.48. The number of benzene rings is 1. The molecule has 8 nitrogen and oxygen atoms in total. The normalized spacial score (nSPS) is 10.2. The first-order valence-electron chi connectivity index (χ1n) is 6.84. The molecule has 2 N–H and O–H groups in total. The van der Waals surface area contributed by atoms with Gasteiger partial charge in [0.05, 0.1) is 18.9 Å². The predicted octanol–water partition coefficient (Wildman–Crippen LogP) is 0.957. The van der Waals surface area contributed by atoms with Crippen LogP contribution in [0.5, 0.6) is 0 Å². The summed E-state index contributed by atoms with van der Waals surface area (Å²) in [5.41, 5.74) is 3.13. The van der Waals surface area contributed by atoms with E-state index in [1.807, 2.05) is 0 Å². The first-order valence-corrected chi connectivity index (χ1v) is 6.84. The van der Waals surface area contributed by atoms with Crippen molar-refractivity contribution in [3.63, 3.8) is 0 Å². The highest BCUT2D eigenvalue weighted by Gasteiger charge is 2.13. The number of nitrogens with one attached hydrogen (secondary N) is 2. The number of pyridine rings is 1. The molecule has 0 bridgehead atoms. The molecule has 0 fully saturated rings. The minimum Gasteiger partial charge on any atom is -0.465 e. The van der Waals surface area contributed by atoms with Gasteiger partial charge in [0.15, 0.2) is 0 Å². The lowest BCUT2D eigenvalue weighted by molar-refractivity contribution is -0.136. The highest BCUT2D eigenvalue weighted by atomic mass is 16.5. The Morgan fingerprint density at radius 3 is 2.46 bits per heavy atom. The molecule has 0 aliphatic rings. The van der Waals surface area contributed by atoms with E-state index in [2.05, 4.69) is 25.6 Å². The Labute approximate surface area is 137 Å². The van der Waals surface area contributed by atoms with Crippen molar-refractivity contribution in [3.8, 4) is 0 Å². The van der Waals surface area contributed by atoms with Crippen LogP contribution < -0.4 is 10.7 Å². The molecule has 1 heterocycles. The number of ether oxygens (including phenoxy) is 1. The zero-order chi connectivity index (χ0) is 17.4. The van der Waals surface area contributed by atoms with E-state index < -0.39 is 17.8 Å². The van der Waals surface area contributed by atoms with E-state index in [-0.39, 0.29) is 5.82 Å². The van der Waals surface area contributed by atoms with Crippen LogP contribution in [0.2, 0.25) is 0 Å². The minimum atomic E-state index is -0.928. The standard InChI is InChI=1S/C16H14N4O4/c1-24-16(23)12-7-5-11(6-8-12)10-18-20-15(22)14(21)19-13-4-2-3-9-17-13/h2-10H,1H3,(H,20,22)(H,17,19,21)/b18-10-. The lowest BCUT2D eigenvalue weighted by Crippen LogP contribution is -2.32. The first kappa shape index (κ1) is 16.8. The molecule has 0 aliphatic heterocycles. The Kier molecular flexibility index (Phi) is 5.73. The molecule has 0 saturated heterocycles. The number of hydrogen-bond donors (Lipinski definition) is 2. The van der Waals surface area contributed by atoms with Gasteiger partial charge < -0.3 is 10.1 Å². The summed E-state index contributed by atoms with van der Waals surface area (Å²) in [4.78, 5) is 38.4. The summed E-state index contributed by atoms with van der Waals surface area (Å²) in [5, 5.41) is 6.01. The fraction of sp³-hybridized carbons (Fsp3) is 0.0625. The molecule has 2 aromatic rings. The number of esters is 1. The monoisotopic (exact) mass is 326 g/mol. The van der Waals surface area contributed by atoms with Crippen LogP contribution in [0, 0.1) is 0 Å². The Balaban J connectivity index is 1.87. The maximum Gasteiger partial charge on any atom is 0.337 e. The number of hydrazone groups is 1. The average Bonchev–Trinajstić information content (AvgIpc) is 2.62. The zero-order valence-corrected chi connectivity index (χ0v) is 12.7. The quantitative estimate of drug-likeness (QED) is 0.376. The summed E-state index contributed by atoms with van der Waals surface area (Å²) in [6, 6.07) is 11.3. The largest absolute Gasteiger partial charge is 0.465 e. The third-order valence-electron chi connectivity index (χ3n) is 2.82. The minimum absolute atomic E-state index is 0.264. The van der Waals surface area contributed by atoms with Gasteiger partial charge >= 0.3 is 17.8 Å². The average molecular weight is 326 g/mol. The molecule has 0 aliphatic carbocycles. The van der Waals surface area contributed by atoms with Crippen LogP contribution >= 0.6 is 0 Å². The molecule has 2 amide bonds. The van der Waals surface area contributed by atoms with Gasteiger partial charge in [-0.25, -0.2) is 15.2 Å². The Morgan fingerprint density at radius 2 is 1.83 bits per heavy atom. The van der Waals surface area contributed by atoms with Crippen molar-refractivity contribution >= 4 is 29.8 Å². The van der Waals surface area contributed by atoms with Crippen molar-refractivity contribution < 1.29 is 19.1 Å². The predicted molar refractivity (Wildman–Crippen MR) is 86.4 cm³/mol. The van der Waals surface area contributed by atoms with Gasteiger partial charge in [-0.1, -0.05) is 18.2 Å². The summed E-state index contributed by atoms with van der Waals surface area (Å²) in [6.45, 7) is 0. The Morgan fingerprint density at radius 1 is 1.08 bits per heavy atom. The molecular weight excluding hydrogens is 312 g/mol. The van der Waals surface area contributed by atoms with Gasteiger partial charge in [-0.2, -0.15) is 5.10 Å². The third kappa shape index (κ3) is 4.73. The molecule has 1 aromatic heterocycles. The zero-order valence-electron chi connectivity index (χ0n) is 12.7. The van der Waals surface area contributed by atoms with Crippen LogP contribution in [0.25, 0.3) is 0 Å². The number of methoxy groups -OCH3 is 1. The number of aromatic nitrogens is 1. The Hall–Kier alpha value is -3.55. The number of rotatable bonds is 4. The van der Waals surface area contributed by atoms with E-state index in [1.165, 1.54) is 19.5 Å². The molecule has 0 unspecified atom stereocenters. The summed E-state index contributed by atoms with van der Waals surface area (Å²) in [7, 11) is 1.29. The van der Waals surface area contributed by atoms with Crippen LogP contribution in [0.15, 0.2) is 53.8 Å². The molecule has 122 valence electrons. The number of carbonyl (C=O) groups excluding carboxylic acids is 3. The van der Waals surface area contributed by atoms with Gasteiger partial charge in [-0.15, -0.1) is 0 Å². The topological polar surface area (TPSA) is 110 Å². The first-order chi connectivity index (χ1) is 11.6. The Bertz CT molecular complexity index is 757. The molecular formula is C16H14N4O4. The highest BCUT2D eigenvalue weighted by molar-refractivity contribution is 6.39. The summed E-state index contributed by atoms with van der Waals surface area (Å²) in [6.07, 6.45) is 2.83. The molecule has 0 spiro atoms. The second kappa shape index (κ2) is 8.18. The van der Waals surface area contributed by atoms with Crippen molar-refractivity contribution in [2.45, 2.75) is 0 Å². The highest BCUT2D eigenvalue weighted by Crippen LogP contribution is 2.04. The van der Waals surface area contributed by atoms with E-state index in [0.717, 1.165) is 0 Å². The molecule has 0 saturated carbocycles. The van der Waals surface area contributed by atoms with E-state index in [1.54, 1.807) is 42.5 Å². The van der Waals surface area contributed by atoms with Crippen molar-refractivity contribution in [2.24, 2.45) is 5.10 Å². The molecule has 0 radical (unpaired) electrons. The van der Waals surface area contributed by atoms with Crippen molar-refractivity contribution in [1.82, 2.24) is 10.4 Å². The maximum absolute atomic E-state index is 11.6. The van der Waals surface area contributed by atoms with E-state index in [4.69, 9.17) is 0 Å². The van der Waals surface area contributed by atoms with Crippen molar-refractivity contribution in [1.29, 1.82) is 0 Å². The van der Waals surface area contributed by atoms with Crippen molar-refractivity contribution in [3.05, 3.63) is 59.8 Å². The smallest absolute Gasteiger partial charge is 0.337 e. The van der Waals surface area contributed by atoms with Gasteiger partial charge in [0.1, 0.15) is 5.82 Å². The fourth-order valence-corrected chi connectivity index (χ4v) is 1.65. The lowest BCUT2D eigenvalue weighted by Gasteiger charge is -2.02.